The van der Waals surface area contributed by atoms with Gasteiger partial charge in [0.2, 0.25) is 0 Å². The lowest BCUT2D eigenvalue weighted by Crippen LogP contribution is -2.23. The third-order valence-corrected chi connectivity index (χ3v) is 4.65. The second kappa shape index (κ2) is 7.40. The van der Waals surface area contributed by atoms with Gasteiger partial charge in [-0.25, -0.2) is 9.98 Å². The summed E-state index contributed by atoms with van der Waals surface area (Å²) in [4.78, 5) is 23.2. The molecule has 0 unspecified atom stereocenters. The van der Waals surface area contributed by atoms with Crippen LogP contribution < -0.4 is 9.47 Å². The molecule has 6 nitrogen and oxygen atoms in total. The van der Waals surface area contributed by atoms with E-state index < -0.39 is 0 Å². The van der Waals surface area contributed by atoms with Crippen LogP contribution in [0.25, 0.3) is 6.08 Å². The largest absolute Gasteiger partial charge is 0.497 e. The van der Waals surface area contributed by atoms with E-state index in [2.05, 4.69) is 9.98 Å². The number of aliphatic imine (C=N–C) groups is 1. The summed E-state index contributed by atoms with van der Waals surface area (Å²) in [6, 6.07) is 10.9. The molecule has 1 aliphatic rings. The van der Waals surface area contributed by atoms with Crippen molar-refractivity contribution in [3.63, 3.8) is 0 Å². The molecular weight excluding hydrogens is 338 g/mol. The minimum atomic E-state index is -0.121. The number of amidine groups is 1. The van der Waals surface area contributed by atoms with Gasteiger partial charge in [0.1, 0.15) is 11.5 Å². The van der Waals surface area contributed by atoms with Crippen LogP contribution in [0.5, 0.6) is 11.5 Å². The Hall–Kier alpha value is -2.80. The van der Waals surface area contributed by atoms with Crippen LogP contribution in [0.1, 0.15) is 5.56 Å². The number of amides is 1. The zero-order chi connectivity index (χ0) is 17.8. The van der Waals surface area contributed by atoms with E-state index in [1.54, 1.807) is 39.6 Å². The van der Waals surface area contributed by atoms with Gasteiger partial charge in [0, 0.05) is 18.8 Å². The molecule has 1 aromatic carbocycles. The third-order valence-electron chi connectivity index (χ3n) is 3.59. The van der Waals surface area contributed by atoms with Gasteiger partial charge in [-0.15, -0.1) is 0 Å². The normalized spacial score (nSPS) is 17.4. The fraction of sp³-hybridized carbons (Fsp3) is 0.167. The third kappa shape index (κ3) is 3.66. The van der Waals surface area contributed by atoms with Crippen LogP contribution >= 0.6 is 11.8 Å². The Morgan fingerprint density at radius 3 is 2.72 bits per heavy atom. The predicted octanol–water partition coefficient (Wildman–Crippen LogP) is 3.33. The molecule has 25 heavy (non-hydrogen) atoms. The van der Waals surface area contributed by atoms with Crippen LogP contribution in [0.2, 0.25) is 0 Å². The van der Waals surface area contributed by atoms with Gasteiger partial charge in [-0.05, 0) is 48.2 Å². The zero-order valence-electron chi connectivity index (χ0n) is 14.1. The van der Waals surface area contributed by atoms with Crippen molar-refractivity contribution in [2.24, 2.45) is 4.99 Å². The lowest BCUT2D eigenvalue weighted by atomic mass is 10.1. The Bertz CT molecular complexity index is 850. The highest BCUT2D eigenvalue weighted by Gasteiger charge is 2.30. The summed E-state index contributed by atoms with van der Waals surface area (Å²) in [6.07, 6.45) is 3.45. The second-order valence-electron chi connectivity index (χ2n) is 5.17. The van der Waals surface area contributed by atoms with Gasteiger partial charge in [0.25, 0.3) is 5.91 Å². The molecule has 0 aliphatic carbocycles. The Labute approximate surface area is 150 Å². The molecule has 1 saturated heterocycles. The number of benzene rings is 1. The van der Waals surface area contributed by atoms with Crippen LogP contribution in [-0.4, -0.2) is 42.2 Å². The lowest BCUT2D eigenvalue weighted by molar-refractivity contribution is -0.121. The summed E-state index contributed by atoms with van der Waals surface area (Å²) in [6.45, 7) is 0. The number of rotatable bonds is 4. The van der Waals surface area contributed by atoms with Crippen LogP contribution in [0.15, 0.2) is 52.5 Å². The van der Waals surface area contributed by atoms with E-state index in [1.165, 1.54) is 16.7 Å². The maximum absolute atomic E-state index is 12.5. The molecule has 0 N–H and O–H groups in total. The minimum absolute atomic E-state index is 0.121. The fourth-order valence-electron chi connectivity index (χ4n) is 2.26. The number of ether oxygens (including phenoxy) is 2. The summed E-state index contributed by atoms with van der Waals surface area (Å²) in [7, 11) is 4.88. The molecule has 0 radical (unpaired) electrons. The van der Waals surface area contributed by atoms with Gasteiger partial charge in [-0.2, -0.15) is 0 Å². The first-order chi connectivity index (χ1) is 12.1. The Balaban J connectivity index is 1.95. The summed E-state index contributed by atoms with van der Waals surface area (Å²) in [5.41, 5.74) is 0.769. The van der Waals surface area contributed by atoms with Gasteiger partial charge < -0.3 is 9.47 Å². The van der Waals surface area contributed by atoms with Crippen molar-refractivity contribution < 1.29 is 14.3 Å². The first kappa shape index (κ1) is 17.0. The molecule has 0 bridgehead atoms. The number of pyridine rings is 1. The number of nitrogens with zero attached hydrogens (tertiary/aromatic N) is 3. The number of thioether (sulfide) groups is 1. The summed E-state index contributed by atoms with van der Waals surface area (Å²) in [5.74, 6) is 1.80. The lowest BCUT2D eigenvalue weighted by Gasteiger charge is -2.08. The van der Waals surface area contributed by atoms with Gasteiger partial charge >= 0.3 is 0 Å². The number of hydrogen-bond donors (Lipinski definition) is 0. The highest BCUT2D eigenvalue weighted by molar-refractivity contribution is 8.18. The molecule has 1 aliphatic heterocycles. The van der Waals surface area contributed by atoms with Crippen molar-refractivity contribution >= 4 is 34.7 Å². The van der Waals surface area contributed by atoms with Crippen LogP contribution in [0, 0.1) is 0 Å². The Morgan fingerprint density at radius 2 is 2.04 bits per heavy atom. The smallest absolute Gasteiger partial charge is 0.266 e. The molecule has 3 rings (SSSR count). The van der Waals surface area contributed by atoms with E-state index >= 15 is 0 Å². The molecular formula is C18H17N3O3S. The van der Waals surface area contributed by atoms with E-state index in [0.717, 1.165) is 5.56 Å². The molecule has 2 aromatic rings. The van der Waals surface area contributed by atoms with Gasteiger partial charge in [0.05, 0.1) is 19.1 Å². The molecule has 1 aromatic heterocycles. The van der Waals surface area contributed by atoms with E-state index in [0.29, 0.717) is 27.4 Å². The number of aromatic nitrogens is 1. The number of methoxy groups -OCH3 is 2. The van der Waals surface area contributed by atoms with Crippen molar-refractivity contribution in [1.29, 1.82) is 0 Å². The maximum Gasteiger partial charge on any atom is 0.266 e. The highest BCUT2D eigenvalue weighted by atomic mass is 32.2. The fourth-order valence-corrected chi connectivity index (χ4v) is 3.23. The minimum Gasteiger partial charge on any atom is -0.497 e. The van der Waals surface area contributed by atoms with Crippen molar-refractivity contribution in [1.82, 2.24) is 9.88 Å². The van der Waals surface area contributed by atoms with Crippen LogP contribution in [0.3, 0.4) is 0 Å². The molecule has 128 valence electrons. The Morgan fingerprint density at radius 1 is 1.20 bits per heavy atom. The summed E-state index contributed by atoms with van der Waals surface area (Å²) in [5, 5.41) is 0.580. The van der Waals surface area contributed by atoms with E-state index in [1.807, 2.05) is 30.3 Å². The summed E-state index contributed by atoms with van der Waals surface area (Å²) < 4.78 is 10.6. The monoisotopic (exact) mass is 355 g/mol. The van der Waals surface area contributed by atoms with Gasteiger partial charge in [0.15, 0.2) is 11.0 Å². The standard InChI is InChI=1S/C18H17N3O3S/c1-21-17(22)15(25-18(21)20-16-6-4-5-9-19-16)11-12-10-13(23-2)7-8-14(12)24-3/h4-11H,1-3H3/b15-11-,20-18+. The molecule has 7 heteroatoms. The number of hydrogen-bond acceptors (Lipinski definition) is 6. The summed E-state index contributed by atoms with van der Waals surface area (Å²) >= 11 is 1.30. The first-order valence-electron chi connectivity index (χ1n) is 7.51. The molecule has 1 amide bonds. The van der Waals surface area contributed by atoms with E-state index in [4.69, 9.17) is 9.47 Å². The van der Waals surface area contributed by atoms with E-state index in [-0.39, 0.29) is 5.91 Å². The van der Waals surface area contributed by atoms with Gasteiger partial charge in [-0.3, -0.25) is 9.69 Å². The van der Waals surface area contributed by atoms with E-state index in [9.17, 15) is 4.79 Å². The first-order valence-corrected chi connectivity index (χ1v) is 8.33. The average molecular weight is 355 g/mol. The molecule has 0 saturated carbocycles. The molecule has 0 atom stereocenters. The van der Waals surface area contributed by atoms with Gasteiger partial charge in [-0.1, -0.05) is 6.07 Å². The molecule has 0 spiro atoms. The second-order valence-corrected chi connectivity index (χ2v) is 6.17. The Kier molecular flexibility index (Phi) is 5.04. The SMILES string of the molecule is COc1ccc(OC)c(/C=C2\S/C(=N/c3ccccn3)N(C)C2=O)c1. The molecule has 2 heterocycles. The highest BCUT2D eigenvalue weighted by Crippen LogP contribution is 2.35. The van der Waals surface area contributed by atoms with Crippen molar-refractivity contribution in [3.05, 3.63) is 53.1 Å². The van der Waals surface area contributed by atoms with Crippen molar-refractivity contribution in [2.75, 3.05) is 21.3 Å². The quantitative estimate of drug-likeness (QED) is 0.787. The van der Waals surface area contributed by atoms with Crippen LogP contribution in [0.4, 0.5) is 5.82 Å². The predicted molar refractivity (Wildman–Crippen MR) is 99.2 cm³/mol. The average Bonchev–Trinajstić information content (AvgIpc) is 2.90. The van der Waals surface area contributed by atoms with Crippen molar-refractivity contribution in [3.8, 4) is 11.5 Å². The van der Waals surface area contributed by atoms with Crippen molar-refractivity contribution in [2.45, 2.75) is 0 Å². The number of carbonyl (C=O) groups is 1. The zero-order valence-corrected chi connectivity index (χ0v) is 14.9. The molecule has 1 fully saturated rings. The topological polar surface area (TPSA) is 64.0 Å². The number of likely N-dealkylation sites (N-methyl/N-ethyl adjacent to an activating group) is 1. The van der Waals surface area contributed by atoms with Crippen LogP contribution in [-0.2, 0) is 4.79 Å². The number of carbonyl (C=O) groups excluding carboxylic acids is 1. The maximum atomic E-state index is 12.5.